The van der Waals surface area contributed by atoms with Crippen molar-refractivity contribution in [1.29, 1.82) is 0 Å². The number of hydrogen-bond acceptors (Lipinski definition) is 2. The molecule has 0 aliphatic rings. The van der Waals surface area contributed by atoms with Gasteiger partial charge in [-0.1, -0.05) is 12.1 Å². The van der Waals surface area contributed by atoms with E-state index >= 15 is 0 Å². The molecule has 0 unspecified atom stereocenters. The Morgan fingerprint density at radius 2 is 2.24 bits per heavy atom. The van der Waals surface area contributed by atoms with Crippen LogP contribution >= 0.6 is 0 Å². The quantitative estimate of drug-likeness (QED) is 0.878. The zero-order valence-corrected chi connectivity index (χ0v) is 9.86. The maximum Gasteiger partial charge on any atom is 0.126 e. The minimum absolute atomic E-state index is 0.201. The van der Waals surface area contributed by atoms with Gasteiger partial charge in [0, 0.05) is 31.9 Å². The number of benzene rings is 1. The Hall–Kier alpha value is -1.68. The zero-order valence-electron chi connectivity index (χ0n) is 9.86. The van der Waals surface area contributed by atoms with Gasteiger partial charge in [0.25, 0.3) is 0 Å². The molecule has 90 valence electrons. The van der Waals surface area contributed by atoms with Gasteiger partial charge in [-0.25, -0.2) is 9.37 Å². The van der Waals surface area contributed by atoms with E-state index in [1.165, 1.54) is 6.07 Å². The van der Waals surface area contributed by atoms with E-state index in [2.05, 4.69) is 4.98 Å². The molecule has 0 spiro atoms. The van der Waals surface area contributed by atoms with Crippen LogP contribution in [-0.4, -0.2) is 9.55 Å². The molecule has 0 aliphatic heterocycles. The maximum absolute atomic E-state index is 13.7. The highest BCUT2D eigenvalue weighted by atomic mass is 19.1. The topological polar surface area (TPSA) is 43.8 Å². The van der Waals surface area contributed by atoms with Crippen molar-refractivity contribution in [3.05, 3.63) is 53.4 Å². The number of imidazole rings is 1. The summed E-state index contributed by atoms with van der Waals surface area (Å²) in [7, 11) is 0. The summed E-state index contributed by atoms with van der Waals surface area (Å²) in [5.41, 5.74) is 7.14. The van der Waals surface area contributed by atoms with Gasteiger partial charge in [0.05, 0.1) is 0 Å². The average molecular weight is 233 g/mol. The molecular weight excluding hydrogens is 217 g/mol. The van der Waals surface area contributed by atoms with Crippen LogP contribution in [0.1, 0.15) is 23.9 Å². The van der Waals surface area contributed by atoms with E-state index in [0.717, 1.165) is 17.9 Å². The third-order valence-corrected chi connectivity index (χ3v) is 2.84. The van der Waals surface area contributed by atoms with E-state index in [0.29, 0.717) is 18.5 Å². The van der Waals surface area contributed by atoms with Gasteiger partial charge >= 0.3 is 0 Å². The predicted octanol–water partition coefficient (Wildman–Crippen LogP) is 2.09. The molecule has 0 bridgehead atoms. The molecule has 0 saturated heterocycles. The van der Waals surface area contributed by atoms with Crippen LogP contribution in [0.4, 0.5) is 4.39 Å². The van der Waals surface area contributed by atoms with Crippen molar-refractivity contribution in [2.75, 3.05) is 0 Å². The zero-order chi connectivity index (χ0) is 12.3. The molecule has 2 rings (SSSR count). The van der Waals surface area contributed by atoms with Crippen molar-refractivity contribution in [2.24, 2.45) is 5.73 Å². The average Bonchev–Trinajstić information content (AvgIpc) is 2.79. The molecule has 4 heteroatoms. The first-order chi connectivity index (χ1) is 8.24. The van der Waals surface area contributed by atoms with Crippen molar-refractivity contribution < 1.29 is 4.39 Å². The Morgan fingerprint density at radius 1 is 1.41 bits per heavy atom. The molecule has 0 amide bonds. The molecular formula is C13H16FN3. The Morgan fingerprint density at radius 3 is 2.94 bits per heavy atom. The number of hydrogen-bond donors (Lipinski definition) is 1. The van der Waals surface area contributed by atoms with Crippen molar-refractivity contribution in [3.8, 4) is 0 Å². The number of nitrogens with two attached hydrogens (primary N) is 1. The molecule has 0 radical (unpaired) electrons. The largest absolute Gasteiger partial charge is 0.335 e. The van der Waals surface area contributed by atoms with E-state index in [1.54, 1.807) is 12.3 Å². The number of aryl methyl sites for hydroxylation is 1. The summed E-state index contributed by atoms with van der Waals surface area (Å²) in [5, 5.41) is 0. The standard InChI is InChI=1S/C13H16FN3/c1-2-17-6-5-16-13(17)8-11-7-10(9-15)3-4-12(11)14/h3-7H,2,8-9,15H2,1H3. The van der Waals surface area contributed by atoms with E-state index in [-0.39, 0.29) is 5.82 Å². The van der Waals surface area contributed by atoms with Crippen molar-refractivity contribution in [2.45, 2.75) is 26.4 Å². The molecule has 2 N–H and O–H groups in total. The first-order valence-electron chi connectivity index (χ1n) is 5.72. The van der Waals surface area contributed by atoms with Crippen LogP contribution in [0.25, 0.3) is 0 Å². The molecule has 0 fully saturated rings. The summed E-state index contributed by atoms with van der Waals surface area (Å²) in [5.74, 6) is 0.674. The van der Waals surface area contributed by atoms with E-state index in [4.69, 9.17) is 5.73 Å². The Kier molecular flexibility index (Phi) is 3.54. The summed E-state index contributed by atoms with van der Waals surface area (Å²) in [6, 6.07) is 4.99. The van der Waals surface area contributed by atoms with Crippen molar-refractivity contribution in [1.82, 2.24) is 9.55 Å². The van der Waals surface area contributed by atoms with Gasteiger partial charge in [-0.3, -0.25) is 0 Å². The molecule has 3 nitrogen and oxygen atoms in total. The molecule has 0 saturated carbocycles. The SMILES string of the molecule is CCn1ccnc1Cc1cc(CN)ccc1F. The fraction of sp³-hybridized carbons (Fsp3) is 0.308. The van der Waals surface area contributed by atoms with E-state index in [1.807, 2.05) is 23.8 Å². The van der Waals surface area contributed by atoms with Crippen molar-refractivity contribution >= 4 is 0 Å². The number of aromatic nitrogens is 2. The fourth-order valence-corrected chi connectivity index (χ4v) is 1.86. The molecule has 2 aromatic rings. The lowest BCUT2D eigenvalue weighted by Gasteiger charge is -2.07. The van der Waals surface area contributed by atoms with Gasteiger partial charge < -0.3 is 10.3 Å². The highest BCUT2D eigenvalue weighted by Gasteiger charge is 2.08. The second-order valence-corrected chi connectivity index (χ2v) is 3.94. The lowest BCUT2D eigenvalue weighted by Crippen LogP contribution is -2.05. The van der Waals surface area contributed by atoms with Gasteiger partial charge in [-0.2, -0.15) is 0 Å². The van der Waals surface area contributed by atoms with E-state index in [9.17, 15) is 4.39 Å². The maximum atomic E-state index is 13.7. The second-order valence-electron chi connectivity index (χ2n) is 3.94. The Balaban J connectivity index is 2.29. The molecule has 17 heavy (non-hydrogen) atoms. The van der Waals surface area contributed by atoms with Gasteiger partial charge in [0.1, 0.15) is 11.6 Å². The van der Waals surface area contributed by atoms with Crippen molar-refractivity contribution in [3.63, 3.8) is 0 Å². The van der Waals surface area contributed by atoms with Crippen LogP contribution in [-0.2, 0) is 19.5 Å². The number of halogens is 1. The third-order valence-electron chi connectivity index (χ3n) is 2.84. The Labute approximate surface area is 100 Å². The summed E-state index contributed by atoms with van der Waals surface area (Å²) >= 11 is 0. The van der Waals surface area contributed by atoms with Crippen LogP contribution in [0, 0.1) is 5.82 Å². The van der Waals surface area contributed by atoms with Crippen LogP contribution in [0.3, 0.4) is 0 Å². The highest BCUT2D eigenvalue weighted by molar-refractivity contribution is 5.27. The fourth-order valence-electron chi connectivity index (χ4n) is 1.86. The lowest BCUT2D eigenvalue weighted by molar-refractivity contribution is 0.606. The molecule has 0 aliphatic carbocycles. The predicted molar refractivity (Wildman–Crippen MR) is 65.0 cm³/mol. The second kappa shape index (κ2) is 5.10. The number of rotatable bonds is 4. The van der Waals surface area contributed by atoms with Crippen LogP contribution in [0.5, 0.6) is 0 Å². The summed E-state index contributed by atoms with van der Waals surface area (Å²) in [6.45, 7) is 3.31. The normalized spacial score (nSPS) is 10.8. The van der Waals surface area contributed by atoms with Gasteiger partial charge in [0.15, 0.2) is 0 Å². The molecule has 0 atom stereocenters. The number of nitrogens with zero attached hydrogens (tertiary/aromatic N) is 2. The van der Waals surface area contributed by atoms with Crippen LogP contribution < -0.4 is 5.73 Å². The van der Waals surface area contributed by atoms with Gasteiger partial charge in [-0.05, 0) is 24.1 Å². The summed E-state index contributed by atoms with van der Waals surface area (Å²) in [4.78, 5) is 4.24. The monoisotopic (exact) mass is 233 g/mol. The van der Waals surface area contributed by atoms with Gasteiger partial charge in [-0.15, -0.1) is 0 Å². The highest BCUT2D eigenvalue weighted by Crippen LogP contribution is 2.14. The third kappa shape index (κ3) is 2.53. The lowest BCUT2D eigenvalue weighted by atomic mass is 10.1. The van der Waals surface area contributed by atoms with Crippen LogP contribution in [0.15, 0.2) is 30.6 Å². The smallest absolute Gasteiger partial charge is 0.126 e. The summed E-state index contributed by atoms with van der Waals surface area (Å²) < 4.78 is 15.7. The first-order valence-corrected chi connectivity index (χ1v) is 5.72. The molecule has 1 aromatic carbocycles. The molecule has 1 aromatic heterocycles. The Bertz CT molecular complexity index is 505. The first kappa shape index (κ1) is 11.8. The minimum Gasteiger partial charge on any atom is -0.335 e. The van der Waals surface area contributed by atoms with Gasteiger partial charge in [0.2, 0.25) is 0 Å². The van der Waals surface area contributed by atoms with E-state index < -0.39 is 0 Å². The van der Waals surface area contributed by atoms with Crippen LogP contribution in [0.2, 0.25) is 0 Å². The summed E-state index contributed by atoms with van der Waals surface area (Å²) in [6.07, 6.45) is 4.14. The minimum atomic E-state index is -0.201. The molecule has 1 heterocycles.